The molecule has 0 bridgehead atoms. The van der Waals surface area contributed by atoms with Crippen LogP contribution in [0.25, 0.3) is 111 Å². The highest BCUT2D eigenvalue weighted by Gasteiger charge is 2.24. The number of para-hydroxylation sites is 3. The SMILES string of the molecule is [2H]c1c([2H])c([2H])c2c(c1[2H])c1c([2H])c([2H])c3c4c([2H])c([2H])c([2H])c([2H])c4n(-c4nc(-c5ccccc5)nc(-c5ccccc5)n4)c3c1n2-c1ccc2c(c1)oc1c(-c3ccccc3)cccc12. The smallest absolute Gasteiger partial charge is 0.238 e. The van der Waals surface area contributed by atoms with Gasteiger partial charge in [-0.1, -0.05) is 158 Å². The molecule has 0 aliphatic heterocycles. The van der Waals surface area contributed by atoms with Crippen molar-refractivity contribution < 1.29 is 18.1 Å². The van der Waals surface area contributed by atoms with Crippen LogP contribution < -0.4 is 0 Å². The molecule has 12 aromatic rings. The summed E-state index contributed by atoms with van der Waals surface area (Å²) in [5.41, 5.74) is 4.66. The summed E-state index contributed by atoms with van der Waals surface area (Å²) in [7, 11) is 0. The molecular weight excluding hydrogens is 699 g/mol. The predicted molar refractivity (Wildman–Crippen MR) is 232 cm³/mol. The van der Waals surface area contributed by atoms with E-state index in [9.17, 15) is 8.22 Å². The van der Waals surface area contributed by atoms with E-state index in [-0.39, 0.29) is 61.2 Å². The minimum atomic E-state index is -0.557. The van der Waals surface area contributed by atoms with Gasteiger partial charge in [-0.05, 0) is 29.8 Å². The molecule has 12 rings (SSSR count). The van der Waals surface area contributed by atoms with E-state index in [1.54, 1.807) is 16.7 Å². The van der Waals surface area contributed by atoms with Gasteiger partial charge in [-0.2, -0.15) is 9.97 Å². The van der Waals surface area contributed by atoms with Crippen molar-refractivity contribution in [1.82, 2.24) is 24.1 Å². The summed E-state index contributed by atoms with van der Waals surface area (Å²) in [6.07, 6.45) is 0. The van der Waals surface area contributed by atoms with Crippen molar-refractivity contribution in [3.05, 3.63) is 188 Å². The maximum Gasteiger partial charge on any atom is 0.238 e. The predicted octanol–water partition coefficient (Wildman–Crippen LogP) is 13.0. The molecule has 0 amide bonds. The molecule has 0 atom stereocenters. The topological polar surface area (TPSA) is 61.7 Å². The van der Waals surface area contributed by atoms with Crippen LogP contribution in [-0.2, 0) is 0 Å². The molecule has 0 spiro atoms. The lowest BCUT2D eigenvalue weighted by Gasteiger charge is -2.13. The molecule has 0 aliphatic rings. The Labute approximate surface area is 340 Å². The van der Waals surface area contributed by atoms with Gasteiger partial charge in [0.25, 0.3) is 0 Å². The van der Waals surface area contributed by atoms with Crippen LogP contribution in [0.5, 0.6) is 0 Å². The van der Waals surface area contributed by atoms with Crippen LogP contribution in [0.1, 0.15) is 13.7 Å². The number of nitrogens with zero attached hydrogens (tertiary/aromatic N) is 5. The van der Waals surface area contributed by atoms with E-state index in [1.165, 1.54) is 4.57 Å². The fourth-order valence-electron chi connectivity index (χ4n) is 7.94. The van der Waals surface area contributed by atoms with Crippen LogP contribution in [0.15, 0.2) is 192 Å². The van der Waals surface area contributed by atoms with E-state index in [0.29, 0.717) is 28.0 Å². The van der Waals surface area contributed by atoms with Crippen LogP contribution in [0.3, 0.4) is 0 Å². The molecule has 8 aromatic carbocycles. The van der Waals surface area contributed by atoms with E-state index in [4.69, 9.17) is 24.9 Å². The lowest BCUT2D eigenvalue weighted by Crippen LogP contribution is -2.07. The van der Waals surface area contributed by atoms with Gasteiger partial charge in [0.05, 0.1) is 41.5 Å². The first-order chi connectivity index (χ1) is 32.4. The molecule has 6 heteroatoms. The third-order valence-corrected chi connectivity index (χ3v) is 10.5. The summed E-state index contributed by atoms with van der Waals surface area (Å²) in [6.45, 7) is 0. The second kappa shape index (κ2) is 12.3. The van der Waals surface area contributed by atoms with Crippen LogP contribution in [0.2, 0.25) is 0 Å². The van der Waals surface area contributed by atoms with Gasteiger partial charge in [0, 0.05) is 55.1 Å². The molecule has 57 heavy (non-hydrogen) atoms. The minimum Gasteiger partial charge on any atom is -0.455 e. The molecule has 0 N–H and O–H groups in total. The van der Waals surface area contributed by atoms with Gasteiger partial charge in [0.1, 0.15) is 11.2 Å². The first kappa shape index (κ1) is 23.2. The molecule has 266 valence electrons. The Morgan fingerprint density at radius 2 is 1.00 bits per heavy atom. The van der Waals surface area contributed by atoms with E-state index < -0.39 is 60.4 Å². The second-order valence-electron chi connectivity index (χ2n) is 13.7. The number of hydrogen-bond donors (Lipinski definition) is 0. The molecule has 4 heterocycles. The number of fused-ring (bicyclic) bond motifs is 10. The van der Waals surface area contributed by atoms with Crippen molar-refractivity contribution in [2.45, 2.75) is 0 Å². The first-order valence-corrected chi connectivity index (χ1v) is 18.3. The summed E-state index contributed by atoms with van der Waals surface area (Å²) >= 11 is 0. The van der Waals surface area contributed by atoms with Crippen molar-refractivity contribution in [1.29, 1.82) is 0 Å². The second-order valence-corrected chi connectivity index (χ2v) is 13.7. The fraction of sp³-hybridized carbons (Fsp3) is 0. The Kier molecular flexibility index (Phi) is 5.02. The summed E-state index contributed by atoms with van der Waals surface area (Å²) in [4.78, 5) is 14.9. The standard InChI is InChI=1S/C51H31N5O/c1-4-15-32(16-5-1)36-23-14-24-42-39-28-27-35(31-45(39)57-48(36)42)55-43-25-12-10-21-37(43)40-29-30-41-38-22-11-13-26-44(38)56(47(41)46(40)55)51-53-49(33-17-6-2-7-18-33)52-50(54-51)34-19-8-3-9-20-34/h1-31H/i10D,11D,12D,13D,21D,22D,25D,26D,29D,30D. The zero-order valence-electron chi connectivity index (χ0n) is 39.8. The van der Waals surface area contributed by atoms with E-state index >= 15 is 0 Å². The summed E-state index contributed by atoms with van der Waals surface area (Å²) in [5.74, 6) is 0.406. The van der Waals surface area contributed by atoms with E-state index in [1.807, 2.05) is 115 Å². The van der Waals surface area contributed by atoms with E-state index in [2.05, 4.69) is 0 Å². The lowest BCUT2D eigenvalue weighted by molar-refractivity contribution is 0.669. The summed E-state index contributed by atoms with van der Waals surface area (Å²) < 4.78 is 102. The number of hydrogen-bond acceptors (Lipinski definition) is 4. The first-order valence-electron chi connectivity index (χ1n) is 23.3. The maximum atomic E-state index is 9.72. The Morgan fingerprint density at radius 1 is 0.439 bits per heavy atom. The van der Waals surface area contributed by atoms with E-state index in [0.717, 1.165) is 21.9 Å². The zero-order valence-corrected chi connectivity index (χ0v) is 29.8. The minimum absolute atomic E-state index is 0.00351. The summed E-state index contributed by atoms with van der Waals surface area (Å²) in [6, 6.07) is 34.8. The third-order valence-electron chi connectivity index (χ3n) is 10.5. The number of furan rings is 1. The maximum absolute atomic E-state index is 9.72. The van der Waals surface area contributed by atoms with Crippen molar-refractivity contribution in [3.63, 3.8) is 0 Å². The highest BCUT2D eigenvalue weighted by atomic mass is 16.3. The van der Waals surface area contributed by atoms with Crippen LogP contribution in [-0.4, -0.2) is 24.1 Å². The van der Waals surface area contributed by atoms with Crippen LogP contribution >= 0.6 is 0 Å². The molecular formula is C51H31N5O. The van der Waals surface area contributed by atoms with Crippen molar-refractivity contribution in [3.8, 4) is 45.5 Å². The Hall–Kier alpha value is -7.83. The lowest BCUT2D eigenvalue weighted by atomic mass is 10.0. The largest absolute Gasteiger partial charge is 0.455 e. The molecule has 0 saturated heterocycles. The Balaban J connectivity index is 1.31. The molecule has 6 nitrogen and oxygen atoms in total. The third kappa shape index (κ3) is 4.81. The van der Waals surface area contributed by atoms with Gasteiger partial charge < -0.3 is 8.98 Å². The van der Waals surface area contributed by atoms with Crippen LogP contribution in [0.4, 0.5) is 0 Å². The molecule has 0 fully saturated rings. The molecule has 0 radical (unpaired) electrons. The number of benzene rings is 8. The Morgan fingerprint density at radius 3 is 1.63 bits per heavy atom. The fourth-order valence-corrected chi connectivity index (χ4v) is 7.94. The normalized spacial score (nSPS) is 14.3. The van der Waals surface area contributed by atoms with Gasteiger partial charge in [-0.15, -0.1) is 0 Å². The quantitative estimate of drug-likeness (QED) is 0.176. The monoisotopic (exact) mass is 739 g/mol. The van der Waals surface area contributed by atoms with Gasteiger partial charge >= 0.3 is 0 Å². The summed E-state index contributed by atoms with van der Waals surface area (Å²) in [5, 5.41) is 1.50. The molecule has 4 aromatic heterocycles. The molecule has 0 saturated carbocycles. The van der Waals surface area contributed by atoms with Gasteiger partial charge in [-0.25, -0.2) is 4.98 Å². The zero-order chi connectivity index (χ0) is 46.2. The van der Waals surface area contributed by atoms with Crippen LogP contribution in [0, 0.1) is 0 Å². The average Bonchev–Trinajstić information content (AvgIpc) is 4.05. The van der Waals surface area contributed by atoms with Gasteiger partial charge in [0.15, 0.2) is 11.6 Å². The van der Waals surface area contributed by atoms with Crippen molar-refractivity contribution in [2.24, 2.45) is 0 Å². The average molecular weight is 740 g/mol. The van der Waals surface area contributed by atoms with Gasteiger partial charge in [-0.3, -0.25) is 4.57 Å². The van der Waals surface area contributed by atoms with Crippen molar-refractivity contribution >= 4 is 65.6 Å². The van der Waals surface area contributed by atoms with Gasteiger partial charge in [0.2, 0.25) is 5.95 Å². The van der Waals surface area contributed by atoms with Crippen molar-refractivity contribution in [2.75, 3.05) is 0 Å². The number of rotatable bonds is 5. The highest BCUT2D eigenvalue weighted by molar-refractivity contribution is 6.24. The highest BCUT2D eigenvalue weighted by Crippen LogP contribution is 2.43. The molecule has 0 unspecified atom stereocenters. The number of aromatic nitrogens is 5. The molecule has 0 aliphatic carbocycles. The Bertz CT molecular complexity index is 4040.